The first kappa shape index (κ1) is 6.71. The van der Waals surface area contributed by atoms with Crippen LogP contribution < -0.4 is 11.1 Å². The molecule has 3 nitrogen and oxygen atoms in total. The molecule has 0 bridgehead atoms. The minimum Gasteiger partial charge on any atom is -0.370 e. The molecule has 50 valence electrons. The van der Waals surface area contributed by atoms with Crippen LogP contribution in [0.4, 0.5) is 0 Å². The molecule has 0 amide bonds. The summed E-state index contributed by atoms with van der Waals surface area (Å²) >= 11 is 11.1. The van der Waals surface area contributed by atoms with E-state index in [2.05, 4.69) is 10.3 Å². The van der Waals surface area contributed by atoms with Gasteiger partial charge < -0.3 is 11.1 Å². The second-order valence-electron chi connectivity index (χ2n) is 1.56. The summed E-state index contributed by atoms with van der Waals surface area (Å²) in [5, 5.41) is 2.62. The lowest BCUT2D eigenvalue weighted by Gasteiger charge is -2.14. The molecule has 0 spiro atoms. The quantitative estimate of drug-likeness (QED) is 0.407. The van der Waals surface area contributed by atoms with E-state index in [1.165, 1.54) is 6.08 Å². The molecule has 1 rings (SSSR count). The first-order valence-corrected chi connectivity index (χ1v) is 3.03. The van der Waals surface area contributed by atoms with E-state index in [0.717, 1.165) is 0 Å². The zero-order valence-electron chi connectivity index (χ0n) is 4.44. The lowest BCUT2D eigenvalue weighted by Crippen LogP contribution is -2.33. The Kier molecular flexibility index (Phi) is 1.55. The Morgan fingerprint density at radius 2 is 2.33 bits per heavy atom. The maximum Gasteiger partial charge on any atom is 0.231 e. The van der Waals surface area contributed by atoms with Crippen LogP contribution in [0, 0.1) is 0 Å². The van der Waals surface area contributed by atoms with Gasteiger partial charge in [0.2, 0.25) is 4.46 Å². The fraction of sp³-hybridized carbons (Fsp3) is 0.250. The molecule has 0 saturated heterocycles. The number of halogens is 2. The minimum atomic E-state index is -1.19. The zero-order valence-corrected chi connectivity index (χ0v) is 5.95. The van der Waals surface area contributed by atoms with Gasteiger partial charge in [-0.3, -0.25) is 0 Å². The predicted molar refractivity (Wildman–Crippen MR) is 38.3 cm³/mol. The van der Waals surface area contributed by atoms with Crippen molar-refractivity contribution in [1.82, 2.24) is 5.32 Å². The fourth-order valence-corrected chi connectivity index (χ4v) is 0.766. The van der Waals surface area contributed by atoms with E-state index in [4.69, 9.17) is 28.9 Å². The van der Waals surface area contributed by atoms with E-state index in [0.29, 0.717) is 0 Å². The fourth-order valence-electron chi connectivity index (χ4n) is 0.457. The molecule has 0 aromatic carbocycles. The van der Waals surface area contributed by atoms with E-state index in [-0.39, 0.29) is 5.96 Å². The summed E-state index contributed by atoms with van der Waals surface area (Å²) in [6.07, 6.45) is 3.04. The average Bonchev–Trinajstić information content (AvgIpc) is 1.60. The first-order valence-electron chi connectivity index (χ1n) is 2.27. The molecule has 0 radical (unpaired) electrons. The summed E-state index contributed by atoms with van der Waals surface area (Å²) in [4.78, 5) is 3.64. The smallest absolute Gasteiger partial charge is 0.231 e. The van der Waals surface area contributed by atoms with Crippen molar-refractivity contribution in [2.45, 2.75) is 4.46 Å². The summed E-state index contributed by atoms with van der Waals surface area (Å²) in [6.45, 7) is 0. The number of aliphatic imine (C=N–C) groups is 1. The molecule has 0 fully saturated rings. The summed E-state index contributed by atoms with van der Waals surface area (Å²) in [5.41, 5.74) is 5.23. The molecular formula is C4H5Cl2N3. The molecule has 1 heterocycles. The van der Waals surface area contributed by atoms with Gasteiger partial charge in [0, 0.05) is 6.20 Å². The summed E-state index contributed by atoms with van der Waals surface area (Å²) < 4.78 is -1.19. The van der Waals surface area contributed by atoms with Crippen LogP contribution in [0.5, 0.6) is 0 Å². The van der Waals surface area contributed by atoms with Crippen molar-refractivity contribution in [3.63, 3.8) is 0 Å². The van der Waals surface area contributed by atoms with Crippen molar-refractivity contribution in [2.24, 2.45) is 10.7 Å². The predicted octanol–water partition coefficient (Wildman–Crippen LogP) is 0.549. The molecule has 3 N–H and O–H groups in total. The second kappa shape index (κ2) is 2.08. The van der Waals surface area contributed by atoms with Gasteiger partial charge in [0.15, 0.2) is 5.96 Å². The molecule has 1 aliphatic heterocycles. The van der Waals surface area contributed by atoms with Gasteiger partial charge in [0.25, 0.3) is 0 Å². The maximum absolute atomic E-state index is 5.54. The third kappa shape index (κ3) is 1.77. The molecule has 0 aromatic heterocycles. The standard InChI is InChI=1S/C4H5Cl2N3/c5-4(6)1-2-8-3(7)9-4/h1-2H,(H3,7,8,9). The van der Waals surface area contributed by atoms with Gasteiger partial charge in [0.05, 0.1) is 0 Å². The molecular weight excluding hydrogens is 161 g/mol. The average molecular weight is 166 g/mol. The summed E-state index contributed by atoms with van der Waals surface area (Å²) in [5.74, 6) is 0.225. The SMILES string of the molecule is NC1=NC(Cl)(Cl)C=CN1. The maximum atomic E-state index is 5.54. The van der Waals surface area contributed by atoms with Gasteiger partial charge in [-0.1, -0.05) is 23.2 Å². The van der Waals surface area contributed by atoms with E-state index >= 15 is 0 Å². The Balaban J connectivity index is 2.78. The van der Waals surface area contributed by atoms with E-state index in [9.17, 15) is 0 Å². The van der Waals surface area contributed by atoms with Crippen molar-refractivity contribution in [3.05, 3.63) is 12.3 Å². The normalized spacial score (nSPS) is 22.7. The van der Waals surface area contributed by atoms with Crippen molar-refractivity contribution >= 4 is 29.2 Å². The van der Waals surface area contributed by atoms with Crippen molar-refractivity contribution < 1.29 is 0 Å². The van der Waals surface area contributed by atoms with Gasteiger partial charge in [-0.2, -0.15) is 0 Å². The number of alkyl halides is 2. The van der Waals surface area contributed by atoms with Crippen LogP contribution in [0.2, 0.25) is 0 Å². The van der Waals surface area contributed by atoms with Crippen LogP contribution in [0.3, 0.4) is 0 Å². The Morgan fingerprint density at radius 3 is 2.67 bits per heavy atom. The largest absolute Gasteiger partial charge is 0.370 e. The molecule has 0 aliphatic carbocycles. The van der Waals surface area contributed by atoms with Crippen LogP contribution in [0.25, 0.3) is 0 Å². The summed E-state index contributed by atoms with van der Waals surface area (Å²) in [7, 11) is 0. The third-order valence-corrected chi connectivity index (χ3v) is 1.21. The van der Waals surface area contributed by atoms with Crippen LogP contribution in [0.1, 0.15) is 0 Å². The van der Waals surface area contributed by atoms with Crippen LogP contribution in [-0.4, -0.2) is 10.4 Å². The van der Waals surface area contributed by atoms with Gasteiger partial charge in [-0.15, -0.1) is 0 Å². The van der Waals surface area contributed by atoms with Gasteiger partial charge in [-0.05, 0) is 6.08 Å². The number of nitrogens with two attached hydrogens (primary N) is 1. The molecule has 9 heavy (non-hydrogen) atoms. The van der Waals surface area contributed by atoms with E-state index < -0.39 is 4.46 Å². The summed E-state index contributed by atoms with van der Waals surface area (Å²) in [6, 6.07) is 0. The molecule has 1 aliphatic rings. The third-order valence-electron chi connectivity index (χ3n) is 0.785. The monoisotopic (exact) mass is 165 g/mol. The second-order valence-corrected chi connectivity index (χ2v) is 2.91. The number of hydrogen-bond acceptors (Lipinski definition) is 3. The lowest BCUT2D eigenvalue weighted by atomic mass is 10.5. The van der Waals surface area contributed by atoms with Crippen molar-refractivity contribution in [3.8, 4) is 0 Å². The van der Waals surface area contributed by atoms with Gasteiger partial charge in [0.1, 0.15) is 0 Å². The highest BCUT2D eigenvalue weighted by atomic mass is 35.5. The Labute approximate surface area is 62.5 Å². The Hall–Kier alpha value is -0.410. The number of hydrogen-bond donors (Lipinski definition) is 2. The topological polar surface area (TPSA) is 50.4 Å². The lowest BCUT2D eigenvalue weighted by molar-refractivity contribution is 0.962. The molecule has 0 unspecified atom stereocenters. The Bertz CT molecular complexity index is 173. The van der Waals surface area contributed by atoms with Crippen LogP contribution in [0.15, 0.2) is 17.3 Å². The number of rotatable bonds is 0. The van der Waals surface area contributed by atoms with Crippen LogP contribution in [-0.2, 0) is 0 Å². The van der Waals surface area contributed by atoms with Gasteiger partial charge in [-0.25, -0.2) is 4.99 Å². The van der Waals surface area contributed by atoms with Crippen molar-refractivity contribution in [2.75, 3.05) is 0 Å². The van der Waals surface area contributed by atoms with Crippen molar-refractivity contribution in [1.29, 1.82) is 0 Å². The van der Waals surface area contributed by atoms with Crippen LogP contribution >= 0.6 is 23.2 Å². The highest BCUT2D eigenvalue weighted by Crippen LogP contribution is 2.24. The molecule has 0 aromatic rings. The number of nitrogens with zero attached hydrogens (tertiary/aromatic N) is 1. The molecule has 0 atom stereocenters. The minimum absolute atomic E-state index is 0.225. The first-order chi connectivity index (χ1) is 4.10. The van der Waals surface area contributed by atoms with E-state index in [1.54, 1.807) is 6.20 Å². The number of guanidine groups is 1. The molecule has 5 heteroatoms. The highest BCUT2D eigenvalue weighted by molar-refractivity contribution is 6.50. The molecule has 0 saturated carbocycles. The number of nitrogens with one attached hydrogen (secondary N) is 1. The van der Waals surface area contributed by atoms with Gasteiger partial charge >= 0.3 is 0 Å². The zero-order chi connectivity index (χ0) is 6.91. The highest BCUT2D eigenvalue weighted by Gasteiger charge is 2.20. The Morgan fingerprint density at radius 1 is 1.67 bits per heavy atom. The van der Waals surface area contributed by atoms with E-state index in [1.807, 2.05) is 0 Å².